The summed E-state index contributed by atoms with van der Waals surface area (Å²) in [5, 5.41) is 13.3. The van der Waals surface area contributed by atoms with Gasteiger partial charge in [-0.15, -0.1) is 0 Å². The molecule has 1 aromatic rings. The van der Waals surface area contributed by atoms with E-state index >= 15 is 0 Å². The molecular weight excluding hydrogens is 188 g/mol. The van der Waals surface area contributed by atoms with Gasteiger partial charge in [0.25, 0.3) is 5.88 Å². The Hall–Kier alpha value is -1.92. The third-order valence-corrected chi connectivity index (χ3v) is 1.58. The van der Waals surface area contributed by atoms with Crippen LogP contribution in [0.5, 0.6) is 5.88 Å². The maximum Gasteiger partial charge on any atom is 0.372 e. The zero-order valence-corrected chi connectivity index (χ0v) is 8.07. The van der Waals surface area contributed by atoms with Crippen LogP contribution in [-0.2, 0) is 0 Å². The number of nitrogens with zero attached hydrogens (tertiary/aromatic N) is 3. The van der Waals surface area contributed by atoms with Crippen molar-refractivity contribution in [1.82, 2.24) is 9.97 Å². The number of methoxy groups -OCH3 is 1. The average Bonchev–Trinajstić information content (AvgIpc) is 2.15. The van der Waals surface area contributed by atoms with Crippen molar-refractivity contribution in [1.29, 1.82) is 0 Å². The van der Waals surface area contributed by atoms with E-state index < -0.39 is 4.92 Å². The van der Waals surface area contributed by atoms with Crippen molar-refractivity contribution in [3.05, 3.63) is 15.9 Å². The Morgan fingerprint density at radius 2 is 2.14 bits per heavy atom. The van der Waals surface area contributed by atoms with Gasteiger partial charge >= 0.3 is 5.69 Å². The van der Waals surface area contributed by atoms with Crippen molar-refractivity contribution in [3.63, 3.8) is 0 Å². The summed E-state index contributed by atoms with van der Waals surface area (Å²) in [5.74, 6) is 0.531. The van der Waals surface area contributed by atoms with Gasteiger partial charge in [0.15, 0.2) is 0 Å². The van der Waals surface area contributed by atoms with Gasteiger partial charge in [0, 0.05) is 7.05 Å². The van der Waals surface area contributed by atoms with E-state index in [1.54, 1.807) is 14.0 Å². The van der Waals surface area contributed by atoms with Crippen LogP contribution in [-0.4, -0.2) is 29.0 Å². The van der Waals surface area contributed by atoms with Gasteiger partial charge in [0.2, 0.25) is 5.82 Å². The van der Waals surface area contributed by atoms with E-state index in [1.165, 1.54) is 7.11 Å². The molecule has 76 valence electrons. The molecule has 0 bridgehead atoms. The standard InChI is InChI=1S/C7H10N4O3/c1-4-9-6(8-2)5(11(12)13)7(10-4)14-3/h1-3H3,(H,8,9,10). The predicted octanol–water partition coefficient (Wildman–Crippen LogP) is 0.744. The number of ether oxygens (including phenoxy) is 1. The van der Waals surface area contributed by atoms with Gasteiger partial charge in [0.1, 0.15) is 5.82 Å². The molecule has 0 fully saturated rings. The SMILES string of the molecule is CNc1nc(C)nc(OC)c1[N+](=O)[O-]. The highest BCUT2D eigenvalue weighted by Gasteiger charge is 2.23. The minimum absolute atomic E-state index is 0.0353. The molecule has 0 amide bonds. The van der Waals surface area contributed by atoms with Crippen molar-refractivity contribution >= 4 is 11.5 Å². The summed E-state index contributed by atoms with van der Waals surface area (Å²) in [6, 6.07) is 0. The van der Waals surface area contributed by atoms with Crippen molar-refractivity contribution in [2.75, 3.05) is 19.5 Å². The van der Waals surface area contributed by atoms with Crippen molar-refractivity contribution in [3.8, 4) is 5.88 Å². The highest BCUT2D eigenvalue weighted by atomic mass is 16.6. The van der Waals surface area contributed by atoms with Crippen LogP contribution in [0.15, 0.2) is 0 Å². The number of nitrogens with one attached hydrogen (secondary N) is 1. The summed E-state index contributed by atoms with van der Waals surface area (Å²) < 4.78 is 4.80. The van der Waals surface area contributed by atoms with Crippen LogP contribution < -0.4 is 10.1 Å². The fraction of sp³-hybridized carbons (Fsp3) is 0.429. The summed E-state index contributed by atoms with van der Waals surface area (Å²) in [6.07, 6.45) is 0. The molecule has 1 N–H and O–H groups in total. The number of nitro groups is 1. The van der Waals surface area contributed by atoms with Gasteiger partial charge in [-0.05, 0) is 6.92 Å². The second kappa shape index (κ2) is 3.86. The monoisotopic (exact) mass is 198 g/mol. The van der Waals surface area contributed by atoms with Gasteiger partial charge < -0.3 is 10.1 Å². The molecule has 0 saturated carbocycles. The molecule has 0 aliphatic carbocycles. The Bertz CT molecular complexity index is 341. The first-order valence-corrected chi connectivity index (χ1v) is 3.85. The zero-order chi connectivity index (χ0) is 10.7. The van der Waals surface area contributed by atoms with Crippen LogP contribution in [0.25, 0.3) is 0 Å². The van der Waals surface area contributed by atoms with E-state index in [1.807, 2.05) is 0 Å². The summed E-state index contributed by atoms with van der Waals surface area (Å²) in [7, 11) is 2.88. The quantitative estimate of drug-likeness (QED) is 0.569. The average molecular weight is 198 g/mol. The van der Waals surface area contributed by atoms with Gasteiger partial charge in [-0.1, -0.05) is 0 Å². The predicted molar refractivity (Wildman–Crippen MR) is 49.5 cm³/mol. The summed E-state index contributed by atoms with van der Waals surface area (Å²) >= 11 is 0. The van der Waals surface area contributed by atoms with Gasteiger partial charge in [-0.25, -0.2) is 4.98 Å². The van der Waals surface area contributed by atoms with E-state index in [-0.39, 0.29) is 17.4 Å². The molecule has 1 aromatic heterocycles. The Labute approximate surface area is 80.3 Å². The second-order valence-corrected chi connectivity index (χ2v) is 2.48. The van der Waals surface area contributed by atoms with E-state index in [0.29, 0.717) is 5.82 Å². The first-order valence-electron chi connectivity index (χ1n) is 3.85. The largest absolute Gasteiger partial charge is 0.476 e. The lowest BCUT2D eigenvalue weighted by Crippen LogP contribution is -2.05. The molecule has 1 heterocycles. The lowest BCUT2D eigenvalue weighted by Gasteiger charge is -2.05. The third-order valence-electron chi connectivity index (χ3n) is 1.58. The molecule has 7 heteroatoms. The molecule has 0 atom stereocenters. The molecule has 14 heavy (non-hydrogen) atoms. The van der Waals surface area contributed by atoms with Crippen molar-refractivity contribution in [2.24, 2.45) is 0 Å². The van der Waals surface area contributed by atoms with Crippen LogP contribution >= 0.6 is 0 Å². The molecule has 0 aromatic carbocycles. The lowest BCUT2D eigenvalue weighted by atomic mass is 10.4. The Kier molecular flexibility index (Phi) is 2.80. The number of rotatable bonds is 3. The fourth-order valence-corrected chi connectivity index (χ4v) is 1.02. The molecular formula is C7H10N4O3. The minimum atomic E-state index is -0.579. The number of hydrogen-bond donors (Lipinski definition) is 1. The molecule has 0 aliphatic heterocycles. The molecule has 1 rings (SSSR count). The molecule has 0 spiro atoms. The van der Waals surface area contributed by atoms with Crippen LogP contribution in [0.4, 0.5) is 11.5 Å². The maximum atomic E-state index is 10.7. The Balaban J connectivity index is 3.40. The van der Waals surface area contributed by atoms with Gasteiger partial charge in [-0.3, -0.25) is 10.1 Å². The van der Waals surface area contributed by atoms with Crippen LogP contribution in [0.1, 0.15) is 5.82 Å². The molecule has 0 saturated heterocycles. The third kappa shape index (κ3) is 1.70. The fourth-order valence-electron chi connectivity index (χ4n) is 1.02. The molecule has 0 radical (unpaired) electrons. The Morgan fingerprint density at radius 1 is 1.50 bits per heavy atom. The number of anilines is 1. The van der Waals surface area contributed by atoms with E-state index in [0.717, 1.165) is 0 Å². The van der Waals surface area contributed by atoms with Gasteiger partial charge in [-0.2, -0.15) is 4.98 Å². The van der Waals surface area contributed by atoms with E-state index in [9.17, 15) is 10.1 Å². The summed E-state index contributed by atoms with van der Waals surface area (Å²) in [6.45, 7) is 1.63. The minimum Gasteiger partial charge on any atom is -0.476 e. The first-order chi connectivity index (χ1) is 6.60. The highest BCUT2D eigenvalue weighted by Crippen LogP contribution is 2.30. The number of hydrogen-bond acceptors (Lipinski definition) is 6. The van der Waals surface area contributed by atoms with Crippen LogP contribution in [0.3, 0.4) is 0 Å². The Morgan fingerprint density at radius 3 is 2.57 bits per heavy atom. The highest BCUT2D eigenvalue weighted by molar-refractivity contribution is 5.61. The molecule has 7 nitrogen and oxygen atoms in total. The van der Waals surface area contributed by atoms with Crippen molar-refractivity contribution in [2.45, 2.75) is 6.92 Å². The van der Waals surface area contributed by atoms with Crippen LogP contribution in [0, 0.1) is 17.0 Å². The number of aromatic nitrogens is 2. The summed E-state index contributed by atoms with van der Waals surface area (Å²) in [4.78, 5) is 17.8. The van der Waals surface area contributed by atoms with Crippen LogP contribution in [0.2, 0.25) is 0 Å². The van der Waals surface area contributed by atoms with E-state index in [2.05, 4.69) is 15.3 Å². The molecule has 0 unspecified atom stereocenters. The maximum absolute atomic E-state index is 10.7. The zero-order valence-electron chi connectivity index (χ0n) is 8.07. The van der Waals surface area contributed by atoms with Gasteiger partial charge in [0.05, 0.1) is 12.0 Å². The van der Waals surface area contributed by atoms with Crippen molar-refractivity contribution < 1.29 is 9.66 Å². The molecule has 0 aliphatic rings. The smallest absolute Gasteiger partial charge is 0.372 e. The lowest BCUT2D eigenvalue weighted by molar-refractivity contribution is -0.385. The van der Waals surface area contributed by atoms with E-state index in [4.69, 9.17) is 4.74 Å². The number of aryl methyl sites for hydroxylation is 1. The topological polar surface area (TPSA) is 90.2 Å². The first kappa shape index (κ1) is 10.2. The second-order valence-electron chi connectivity index (χ2n) is 2.48. The summed E-state index contributed by atoms with van der Waals surface area (Å²) in [5.41, 5.74) is -0.249. The normalized spacial score (nSPS) is 9.64.